The van der Waals surface area contributed by atoms with Crippen molar-refractivity contribution in [2.45, 2.75) is 6.42 Å². The summed E-state index contributed by atoms with van der Waals surface area (Å²) in [6.45, 7) is 0. The van der Waals surface area contributed by atoms with E-state index in [1.54, 1.807) is 6.07 Å². The van der Waals surface area contributed by atoms with Gasteiger partial charge < -0.3 is 0 Å². The molecule has 1 heterocycles. The monoisotopic (exact) mass is 292 g/mol. The van der Waals surface area contributed by atoms with E-state index in [0.29, 0.717) is 29.2 Å². The van der Waals surface area contributed by atoms with E-state index in [1.165, 1.54) is 22.8 Å². The van der Waals surface area contributed by atoms with Crippen molar-refractivity contribution in [3.8, 4) is 5.69 Å². The fraction of sp³-hybridized carbons (Fsp3) is 0.133. The first-order valence-corrected chi connectivity index (χ1v) is 6.72. The van der Waals surface area contributed by atoms with E-state index in [2.05, 4.69) is 4.98 Å². The van der Waals surface area contributed by atoms with E-state index in [9.17, 15) is 8.78 Å². The van der Waals surface area contributed by atoms with Crippen molar-refractivity contribution < 1.29 is 8.78 Å². The number of benzene rings is 2. The van der Waals surface area contributed by atoms with Crippen LogP contribution in [0.15, 0.2) is 42.5 Å². The van der Waals surface area contributed by atoms with Gasteiger partial charge in [-0.25, -0.2) is 13.8 Å². The van der Waals surface area contributed by atoms with Crippen LogP contribution < -0.4 is 0 Å². The topological polar surface area (TPSA) is 17.8 Å². The minimum Gasteiger partial charge on any atom is -0.291 e. The van der Waals surface area contributed by atoms with Crippen molar-refractivity contribution in [2.24, 2.45) is 0 Å². The van der Waals surface area contributed by atoms with Crippen molar-refractivity contribution >= 4 is 22.6 Å². The van der Waals surface area contributed by atoms with Gasteiger partial charge in [0.15, 0.2) is 0 Å². The lowest BCUT2D eigenvalue weighted by Gasteiger charge is -2.10. The van der Waals surface area contributed by atoms with Gasteiger partial charge in [0.1, 0.15) is 23.1 Å². The molecule has 3 aromatic rings. The number of alkyl halides is 1. The smallest absolute Gasteiger partial charge is 0.150 e. The number of nitrogens with zero attached hydrogens (tertiary/aromatic N) is 2. The minimum atomic E-state index is -0.621. The summed E-state index contributed by atoms with van der Waals surface area (Å²) in [7, 11) is 0. The molecule has 0 saturated heterocycles. The zero-order chi connectivity index (χ0) is 14.1. The van der Waals surface area contributed by atoms with Crippen LogP contribution in [0.5, 0.6) is 0 Å². The van der Waals surface area contributed by atoms with Gasteiger partial charge in [0.05, 0.1) is 11.0 Å². The lowest BCUT2D eigenvalue weighted by Crippen LogP contribution is -2.06. The molecule has 0 fully saturated rings. The molecular formula is C15H11ClF2N2. The molecule has 1 aromatic heterocycles. The predicted molar refractivity (Wildman–Crippen MR) is 75.4 cm³/mol. The van der Waals surface area contributed by atoms with Gasteiger partial charge in [0.2, 0.25) is 0 Å². The Labute approximate surface area is 119 Å². The molecule has 0 aliphatic carbocycles. The second-order valence-electron chi connectivity index (χ2n) is 4.36. The van der Waals surface area contributed by atoms with Crippen molar-refractivity contribution in [3.05, 3.63) is 59.9 Å². The van der Waals surface area contributed by atoms with Gasteiger partial charge in [-0.15, -0.1) is 11.6 Å². The van der Waals surface area contributed by atoms with Crippen LogP contribution in [0.25, 0.3) is 16.7 Å². The van der Waals surface area contributed by atoms with Crippen molar-refractivity contribution in [1.82, 2.24) is 9.55 Å². The maximum atomic E-state index is 14.0. The summed E-state index contributed by atoms with van der Waals surface area (Å²) >= 11 is 5.76. The van der Waals surface area contributed by atoms with Crippen LogP contribution in [0.4, 0.5) is 8.78 Å². The van der Waals surface area contributed by atoms with Gasteiger partial charge in [-0.2, -0.15) is 0 Å². The molecule has 0 radical (unpaired) electrons. The summed E-state index contributed by atoms with van der Waals surface area (Å²) in [5.74, 6) is -0.363. The largest absolute Gasteiger partial charge is 0.291 e. The fourth-order valence-electron chi connectivity index (χ4n) is 2.28. The third-order valence-electron chi connectivity index (χ3n) is 3.11. The lowest BCUT2D eigenvalue weighted by molar-refractivity contribution is 0.568. The molecule has 0 aliphatic rings. The third kappa shape index (κ3) is 2.06. The highest BCUT2D eigenvalue weighted by Gasteiger charge is 2.18. The maximum absolute atomic E-state index is 14.0. The maximum Gasteiger partial charge on any atom is 0.150 e. The molecule has 0 bridgehead atoms. The van der Waals surface area contributed by atoms with E-state index < -0.39 is 11.6 Å². The molecule has 0 amide bonds. The highest BCUT2D eigenvalue weighted by Crippen LogP contribution is 2.26. The first-order valence-electron chi connectivity index (χ1n) is 6.19. The van der Waals surface area contributed by atoms with E-state index in [-0.39, 0.29) is 5.69 Å². The molecule has 2 aromatic carbocycles. The summed E-state index contributed by atoms with van der Waals surface area (Å²) < 4.78 is 29.6. The van der Waals surface area contributed by atoms with Crippen molar-refractivity contribution in [1.29, 1.82) is 0 Å². The number of imidazole rings is 1. The number of halogens is 3. The Bertz CT molecular complexity index is 747. The third-order valence-corrected chi connectivity index (χ3v) is 3.30. The summed E-state index contributed by atoms with van der Waals surface area (Å²) in [5.41, 5.74) is 1.24. The summed E-state index contributed by atoms with van der Waals surface area (Å²) in [6, 6.07) is 11.0. The fourth-order valence-corrected chi connectivity index (χ4v) is 2.45. The Balaban J connectivity index is 2.36. The Morgan fingerprint density at radius 1 is 1.00 bits per heavy atom. The molecular weight excluding hydrogens is 282 g/mol. The van der Waals surface area contributed by atoms with Gasteiger partial charge in [0, 0.05) is 12.3 Å². The number of para-hydroxylation sites is 3. The zero-order valence-electron chi connectivity index (χ0n) is 10.5. The van der Waals surface area contributed by atoms with Crippen LogP contribution in [0.3, 0.4) is 0 Å². The summed E-state index contributed by atoms with van der Waals surface area (Å²) in [5, 5.41) is 0. The van der Waals surface area contributed by atoms with E-state index in [0.717, 1.165) is 0 Å². The second-order valence-corrected chi connectivity index (χ2v) is 4.74. The van der Waals surface area contributed by atoms with Crippen LogP contribution in [0.1, 0.15) is 5.82 Å². The van der Waals surface area contributed by atoms with Crippen molar-refractivity contribution in [3.63, 3.8) is 0 Å². The normalized spacial score (nSPS) is 11.2. The Morgan fingerprint density at radius 3 is 2.40 bits per heavy atom. The number of fused-ring (bicyclic) bond motifs is 1. The zero-order valence-corrected chi connectivity index (χ0v) is 11.2. The van der Waals surface area contributed by atoms with Gasteiger partial charge in [-0.3, -0.25) is 4.57 Å². The standard InChI is InChI=1S/C15H11ClF2N2/c16-9-8-14-19-12-6-1-2-7-13(12)20(14)15-10(17)4-3-5-11(15)18/h1-7H,8-9H2. The molecule has 0 atom stereocenters. The molecule has 0 aliphatic heterocycles. The minimum absolute atomic E-state index is 0.110. The molecule has 0 saturated carbocycles. The van der Waals surface area contributed by atoms with E-state index in [1.807, 2.05) is 18.2 Å². The van der Waals surface area contributed by atoms with E-state index in [4.69, 9.17) is 11.6 Å². The molecule has 0 spiro atoms. The molecule has 102 valence electrons. The van der Waals surface area contributed by atoms with Crippen LogP contribution in [0.2, 0.25) is 0 Å². The number of aryl methyl sites for hydroxylation is 1. The molecule has 3 rings (SSSR count). The Hall–Kier alpha value is -1.94. The SMILES string of the molecule is Fc1cccc(F)c1-n1c(CCCl)nc2ccccc21. The number of rotatable bonds is 3. The highest BCUT2D eigenvalue weighted by molar-refractivity contribution is 6.17. The van der Waals surface area contributed by atoms with E-state index >= 15 is 0 Å². The molecule has 2 nitrogen and oxygen atoms in total. The molecule has 0 unspecified atom stereocenters. The first kappa shape index (κ1) is 13.1. The highest BCUT2D eigenvalue weighted by atomic mass is 35.5. The van der Waals surface area contributed by atoms with Gasteiger partial charge in [-0.1, -0.05) is 18.2 Å². The van der Waals surface area contributed by atoms with Crippen LogP contribution >= 0.6 is 11.6 Å². The average Bonchev–Trinajstić information content (AvgIpc) is 2.78. The number of hydrogen-bond acceptors (Lipinski definition) is 1. The van der Waals surface area contributed by atoms with Gasteiger partial charge in [-0.05, 0) is 24.3 Å². The van der Waals surface area contributed by atoms with Gasteiger partial charge in [0.25, 0.3) is 0 Å². The lowest BCUT2D eigenvalue weighted by atomic mass is 10.2. The molecule has 0 N–H and O–H groups in total. The molecule has 20 heavy (non-hydrogen) atoms. The van der Waals surface area contributed by atoms with Crippen LogP contribution in [0, 0.1) is 11.6 Å². The Morgan fingerprint density at radius 2 is 1.70 bits per heavy atom. The van der Waals surface area contributed by atoms with Crippen LogP contribution in [-0.4, -0.2) is 15.4 Å². The quantitative estimate of drug-likeness (QED) is 0.665. The average molecular weight is 293 g/mol. The Kier molecular flexibility index (Phi) is 3.40. The summed E-state index contributed by atoms with van der Waals surface area (Å²) in [4.78, 5) is 4.41. The predicted octanol–water partition coefficient (Wildman–Crippen LogP) is 4.09. The number of aromatic nitrogens is 2. The van der Waals surface area contributed by atoms with Gasteiger partial charge >= 0.3 is 0 Å². The summed E-state index contributed by atoms with van der Waals surface area (Å²) in [6.07, 6.45) is 0.435. The number of hydrogen-bond donors (Lipinski definition) is 0. The second kappa shape index (κ2) is 5.21. The first-order chi connectivity index (χ1) is 9.72. The van der Waals surface area contributed by atoms with Crippen LogP contribution in [-0.2, 0) is 6.42 Å². The van der Waals surface area contributed by atoms with Crippen molar-refractivity contribution in [2.75, 3.05) is 5.88 Å². The molecule has 5 heteroatoms.